The Kier molecular flexibility index (Phi) is 5.55. The Morgan fingerprint density at radius 1 is 1.32 bits per heavy atom. The molecule has 2 N–H and O–H groups in total. The van der Waals surface area contributed by atoms with Crippen molar-refractivity contribution in [2.45, 2.75) is 83.1 Å². The number of nitrogens with one attached hydrogen (secondary N) is 1. The lowest BCUT2D eigenvalue weighted by atomic mass is 9.72. The van der Waals surface area contributed by atoms with Crippen molar-refractivity contribution in [3.05, 3.63) is 15.6 Å². The van der Waals surface area contributed by atoms with E-state index < -0.39 is 17.2 Å². The van der Waals surface area contributed by atoms with Crippen molar-refractivity contribution in [1.29, 1.82) is 0 Å². The van der Waals surface area contributed by atoms with Gasteiger partial charge in [-0.25, -0.2) is 4.98 Å². The average molecular weight is 408 g/mol. The Morgan fingerprint density at radius 3 is 2.61 bits per heavy atom. The van der Waals surface area contributed by atoms with Gasteiger partial charge in [-0.15, -0.1) is 11.3 Å². The Balaban J connectivity index is 1.39. The summed E-state index contributed by atoms with van der Waals surface area (Å²) in [5, 5.41) is 15.6. The molecule has 3 fully saturated rings. The van der Waals surface area contributed by atoms with Crippen molar-refractivity contribution < 1.29 is 14.6 Å². The predicted molar refractivity (Wildman–Crippen MR) is 109 cm³/mol. The largest absolute Gasteiger partial charge is 0.388 e. The maximum atomic E-state index is 12.5. The lowest BCUT2D eigenvalue weighted by molar-refractivity contribution is -0.208. The van der Waals surface area contributed by atoms with Crippen LogP contribution in [0, 0.1) is 19.8 Å². The van der Waals surface area contributed by atoms with E-state index in [-0.39, 0.29) is 11.8 Å². The predicted octanol–water partition coefficient (Wildman–Crippen LogP) is 2.55. The Morgan fingerprint density at radius 2 is 2.04 bits per heavy atom. The number of hydrogen-bond donors (Lipinski definition) is 2. The number of thiazole rings is 1. The lowest BCUT2D eigenvalue weighted by Crippen LogP contribution is -2.69. The van der Waals surface area contributed by atoms with Crippen LogP contribution in [0.5, 0.6) is 0 Å². The van der Waals surface area contributed by atoms with Crippen LogP contribution in [0.25, 0.3) is 0 Å². The molecular weight excluding hydrogens is 374 g/mol. The highest BCUT2D eigenvalue weighted by Crippen LogP contribution is 2.41. The molecule has 3 heterocycles. The van der Waals surface area contributed by atoms with E-state index in [0.29, 0.717) is 13.0 Å². The second-order valence-electron chi connectivity index (χ2n) is 9.12. The number of rotatable bonds is 4. The highest BCUT2D eigenvalue weighted by Gasteiger charge is 2.54. The third kappa shape index (κ3) is 3.74. The monoisotopic (exact) mass is 407 g/mol. The van der Waals surface area contributed by atoms with E-state index >= 15 is 0 Å². The van der Waals surface area contributed by atoms with Crippen molar-refractivity contribution in [3.8, 4) is 0 Å². The molecule has 1 saturated carbocycles. The molecule has 28 heavy (non-hydrogen) atoms. The van der Waals surface area contributed by atoms with E-state index in [1.807, 2.05) is 6.92 Å². The first-order valence-electron chi connectivity index (χ1n) is 10.6. The lowest BCUT2D eigenvalue weighted by Gasteiger charge is -2.54. The smallest absolute Gasteiger partial charge is 0.223 e. The number of piperidine rings is 1. The zero-order valence-corrected chi connectivity index (χ0v) is 18.1. The summed E-state index contributed by atoms with van der Waals surface area (Å²) < 4.78 is 6.19. The van der Waals surface area contributed by atoms with E-state index in [0.717, 1.165) is 62.4 Å². The molecule has 1 aromatic heterocycles. The van der Waals surface area contributed by atoms with Crippen LogP contribution in [-0.2, 0) is 16.1 Å². The minimum Gasteiger partial charge on any atom is -0.388 e. The molecule has 1 aliphatic carbocycles. The van der Waals surface area contributed by atoms with Gasteiger partial charge < -0.3 is 15.2 Å². The minimum atomic E-state index is -0.674. The molecule has 0 radical (unpaired) electrons. The molecule has 3 aliphatic rings. The van der Waals surface area contributed by atoms with Crippen LogP contribution in [-0.4, -0.2) is 57.8 Å². The molecule has 0 aromatic carbocycles. The van der Waals surface area contributed by atoms with Gasteiger partial charge in [-0.1, -0.05) is 6.42 Å². The van der Waals surface area contributed by atoms with E-state index in [1.165, 1.54) is 4.88 Å². The van der Waals surface area contributed by atoms with E-state index in [9.17, 15) is 9.90 Å². The first kappa shape index (κ1) is 20.3. The molecule has 6 nitrogen and oxygen atoms in total. The van der Waals surface area contributed by atoms with Gasteiger partial charge in [-0.05, 0) is 52.9 Å². The summed E-state index contributed by atoms with van der Waals surface area (Å²) in [4.78, 5) is 20.8. The number of aliphatic hydroxyl groups excluding tert-OH is 1. The van der Waals surface area contributed by atoms with E-state index in [2.05, 4.69) is 29.0 Å². The first-order chi connectivity index (χ1) is 13.3. The summed E-state index contributed by atoms with van der Waals surface area (Å²) in [5.41, 5.74) is -0.0175. The SMILES string of the molecule is Cc1nc(C)c(CN2CCC3(CC2)OCC[C@@](C)(NC(=O)C2CCC2)[C@@H]3O)s1. The van der Waals surface area contributed by atoms with Gasteiger partial charge in [0.1, 0.15) is 6.10 Å². The molecule has 4 rings (SSSR count). The Labute approximate surface area is 171 Å². The van der Waals surface area contributed by atoms with Gasteiger partial charge in [0.05, 0.1) is 21.8 Å². The molecule has 2 saturated heterocycles. The fourth-order valence-electron chi connectivity index (χ4n) is 4.88. The van der Waals surface area contributed by atoms with Crippen molar-refractivity contribution in [3.63, 3.8) is 0 Å². The first-order valence-corrected chi connectivity index (χ1v) is 11.4. The molecule has 156 valence electrons. The number of carbonyl (C=O) groups excluding carboxylic acids is 1. The maximum absolute atomic E-state index is 12.5. The van der Waals surface area contributed by atoms with Gasteiger partial charge in [-0.3, -0.25) is 9.69 Å². The van der Waals surface area contributed by atoms with Crippen LogP contribution in [0.15, 0.2) is 0 Å². The Bertz CT molecular complexity index is 724. The summed E-state index contributed by atoms with van der Waals surface area (Å²) in [6, 6.07) is 0. The van der Waals surface area contributed by atoms with Crippen LogP contribution >= 0.6 is 11.3 Å². The number of hydrogen-bond acceptors (Lipinski definition) is 6. The number of ether oxygens (including phenoxy) is 1. The molecule has 7 heteroatoms. The summed E-state index contributed by atoms with van der Waals surface area (Å²) in [6.07, 6.45) is 4.67. The van der Waals surface area contributed by atoms with Crippen LogP contribution in [0.1, 0.15) is 61.0 Å². The molecule has 2 atom stereocenters. The van der Waals surface area contributed by atoms with Crippen molar-refractivity contribution in [2.24, 2.45) is 5.92 Å². The van der Waals surface area contributed by atoms with Gasteiger partial charge in [0, 0.05) is 37.0 Å². The molecule has 1 spiro atoms. The van der Waals surface area contributed by atoms with Gasteiger partial charge in [0.15, 0.2) is 0 Å². The van der Waals surface area contributed by atoms with E-state index in [1.54, 1.807) is 11.3 Å². The molecule has 1 amide bonds. The van der Waals surface area contributed by atoms with Crippen molar-refractivity contribution in [1.82, 2.24) is 15.2 Å². The summed E-state index contributed by atoms with van der Waals surface area (Å²) in [7, 11) is 0. The fraction of sp³-hybridized carbons (Fsp3) is 0.810. The maximum Gasteiger partial charge on any atom is 0.223 e. The van der Waals surface area contributed by atoms with Gasteiger partial charge in [0.2, 0.25) is 5.91 Å². The molecule has 0 bridgehead atoms. The third-order valence-corrected chi connectivity index (χ3v) is 8.12. The van der Waals surface area contributed by atoms with Crippen molar-refractivity contribution in [2.75, 3.05) is 19.7 Å². The number of nitrogens with zero attached hydrogens (tertiary/aromatic N) is 2. The van der Waals surface area contributed by atoms with Gasteiger partial charge >= 0.3 is 0 Å². The summed E-state index contributed by atoms with van der Waals surface area (Å²) in [6.45, 7) is 9.41. The molecular formula is C21H33N3O3S. The molecule has 2 aliphatic heterocycles. The fourth-order valence-corrected chi connectivity index (χ4v) is 5.86. The molecule has 1 aromatic rings. The highest BCUT2D eigenvalue weighted by molar-refractivity contribution is 7.11. The number of aromatic nitrogens is 1. The summed E-state index contributed by atoms with van der Waals surface area (Å²) in [5.74, 6) is 0.245. The van der Waals surface area contributed by atoms with Crippen LogP contribution < -0.4 is 5.32 Å². The minimum absolute atomic E-state index is 0.110. The zero-order chi connectivity index (χ0) is 19.9. The normalized spacial score (nSPS) is 30.9. The number of likely N-dealkylation sites (tertiary alicyclic amines) is 1. The molecule has 0 unspecified atom stereocenters. The van der Waals surface area contributed by atoms with Crippen LogP contribution in [0.3, 0.4) is 0 Å². The van der Waals surface area contributed by atoms with Crippen LogP contribution in [0.2, 0.25) is 0 Å². The second kappa shape index (κ2) is 7.67. The third-order valence-electron chi connectivity index (χ3n) is 7.07. The van der Waals surface area contributed by atoms with Gasteiger partial charge in [-0.2, -0.15) is 0 Å². The van der Waals surface area contributed by atoms with Gasteiger partial charge in [0.25, 0.3) is 0 Å². The highest BCUT2D eigenvalue weighted by atomic mass is 32.1. The number of aryl methyl sites for hydroxylation is 2. The Hall–Kier alpha value is -1.02. The topological polar surface area (TPSA) is 74.7 Å². The van der Waals surface area contributed by atoms with Crippen molar-refractivity contribution >= 4 is 17.2 Å². The zero-order valence-electron chi connectivity index (χ0n) is 17.3. The van der Waals surface area contributed by atoms with E-state index in [4.69, 9.17) is 4.74 Å². The average Bonchev–Trinajstić information content (AvgIpc) is 2.90. The summed E-state index contributed by atoms with van der Waals surface area (Å²) >= 11 is 1.77. The van der Waals surface area contributed by atoms with Crippen LogP contribution in [0.4, 0.5) is 0 Å². The number of carbonyl (C=O) groups is 1. The number of amides is 1. The standard InChI is InChI=1S/C21H33N3O3S/c1-14-17(28-15(2)22-14)13-24-10-7-21(8-11-24)19(26)20(3,9-12-27-21)23-18(25)16-5-4-6-16/h16,19,26H,4-13H2,1-3H3,(H,23,25)/t19-,20+/m0/s1. The quantitative estimate of drug-likeness (QED) is 0.802. The number of aliphatic hydroxyl groups is 1. The second-order valence-corrected chi connectivity index (χ2v) is 10.4.